The lowest BCUT2D eigenvalue weighted by Gasteiger charge is -2.15. The van der Waals surface area contributed by atoms with E-state index in [2.05, 4.69) is 5.43 Å². The molecule has 3 rings (SSSR count). The van der Waals surface area contributed by atoms with Crippen molar-refractivity contribution in [3.8, 4) is 17.2 Å². The summed E-state index contributed by atoms with van der Waals surface area (Å²) in [7, 11) is 3.08. The Morgan fingerprint density at radius 3 is 2.54 bits per heavy atom. The number of methoxy groups -OCH3 is 2. The molecule has 0 aromatic heterocycles. The van der Waals surface area contributed by atoms with Crippen LogP contribution in [0.5, 0.6) is 17.2 Å². The van der Waals surface area contributed by atoms with E-state index in [1.807, 2.05) is 0 Å². The molecular formula is C19H16N2O5S2. The number of carbonyl (C=O) groups excluding carboxylic acids is 2. The second-order valence-electron chi connectivity index (χ2n) is 5.61. The lowest BCUT2D eigenvalue weighted by molar-refractivity contribution is -0.123. The Bertz CT molecular complexity index is 973. The van der Waals surface area contributed by atoms with Crippen molar-refractivity contribution in [1.82, 2.24) is 10.4 Å². The molecule has 1 aliphatic rings. The molecule has 0 aliphatic carbocycles. The molecule has 1 aliphatic heterocycles. The van der Waals surface area contributed by atoms with Crippen LogP contribution in [0.1, 0.15) is 15.9 Å². The maximum atomic E-state index is 12.7. The highest BCUT2D eigenvalue weighted by molar-refractivity contribution is 8.26. The Kier molecular flexibility index (Phi) is 5.86. The van der Waals surface area contributed by atoms with Crippen molar-refractivity contribution >= 4 is 46.2 Å². The van der Waals surface area contributed by atoms with Crippen molar-refractivity contribution in [2.45, 2.75) is 0 Å². The molecule has 0 atom stereocenters. The fourth-order valence-corrected chi connectivity index (χ4v) is 3.61. The van der Waals surface area contributed by atoms with Gasteiger partial charge in [-0.15, -0.1) is 0 Å². The molecule has 2 aromatic carbocycles. The fraction of sp³-hybridized carbons (Fsp3) is 0.105. The zero-order chi connectivity index (χ0) is 20.3. The Morgan fingerprint density at radius 2 is 1.89 bits per heavy atom. The van der Waals surface area contributed by atoms with Crippen molar-refractivity contribution in [3.63, 3.8) is 0 Å². The number of phenols is 1. The molecule has 2 amide bonds. The zero-order valence-corrected chi connectivity index (χ0v) is 16.6. The van der Waals surface area contributed by atoms with Gasteiger partial charge in [-0.2, -0.15) is 5.01 Å². The smallest absolute Gasteiger partial charge is 0.285 e. The molecule has 1 fully saturated rings. The first kappa shape index (κ1) is 19.7. The quantitative estimate of drug-likeness (QED) is 0.572. The first-order chi connectivity index (χ1) is 13.4. The third-order valence-corrected chi connectivity index (χ3v) is 5.16. The highest BCUT2D eigenvalue weighted by Crippen LogP contribution is 2.34. The van der Waals surface area contributed by atoms with Crippen LogP contribution in [0.15, 0.2) is 47.4 Å². The largest absolute Gasteiger partial charge is 0.508 e. The molecule has 28 heavy (non-hydrogen) atoms. The average Bonchev–Trinajstić information content (AvgIpc) is 2.95. The summed E-state index contributed by atoms with van der Waals surface area (Å²) in [5, 5.41) is 10.3. The highest BCUT2D eigenvalue weighted by atomic mass is 32.2. The molecule has 9 heteroatoms. The molecule has 2 aromatic rings. The summed E-state index contributed by atoms with van der Waals surface area (Å²) in [5.74, 6) is 0.253. The van der Waals surface area contributed by atoms with Crippen LogP contribution in [0.3, 0.4) is 0 Å². The van der Waals surface area contributed by atoms with Gasteiger partial charge in [0.2, 0.25) is 0 Å². The number of nitrogens with zero attached hydrogens (tertiary/aromatic N) is 1. The second-order valence-corrected chi connectivity index (χ2v) is 7.29. The average molecular weight is 416 g/mol. The van der Waals surface area contributed by atoms with Gasteiger partial charge in [0, 0.05) is 11.1 Å². The zero-order valence-electron chi connectivity index (χ0n) is 15.0. The summed E-state index contributed by atoms with van der Waals surface area (Å²) in [6, 6.07) is 10.9. The van der Waals surface area contributed by atoms with Gasteiger partial charge in [0.15, 0.2) is 4.32 Å². The number of benzene rings is 2. The number of hydrazine groups is 1. The minimum absolute atomic E-state index is 0.0392. The van der Waals surface area contributed by atoms with Crippen LogP contribution in [-0.2, 0) is 4.79 Å². The van der Waals surface area contributed by atoms with Crippen LogP contribution in [-0.4, -0.2) is 40.5 Å². The van der Waals surface area contributed by atoms with Gasteiger partial charge in [-0.3, -0.25) is 15.0 Å². The van der Waals surface area contributed by atoms with E-state index in [1.165, 1.54) is 31.4 Å². The molecule has 0 bridgehead atoms. The molecule has 0 spiro atoms. The number of rotatable bonds is 5. The SMILES string of the molecule is COc1ccc(OC)c(/C=C2/SC(=S)N(NC(=O)c3ccc(O)cc3)C2=O)c1. The van der Waals surface area contributed by atoms with Crippen LogP contribution in [0.2, 0.25) is 0 Å². The number of hydrogen-bond donors (Lipinski definition) is 2. The van der Waals surface area contributed by atoms with Gasteiger partial charge in [0.05, 0.1) is 19.1 Å². The van der Waals surface area contributed by atoms with E-state index in [4.69, 9.17) is 21.7 Å². The molecule has 1 saturated heterocycles. The van der Waals surface area contributed by atoms with E-state index in [-0.39, 0.29) is 15.6 Å². The number of amides is 2. The van der Waals surface area contributed by atoms with Crippen LogP contribution >= 0.6 is 24.0 Å². The Hall–Kier alpha value is -3.04. The Labute approximate surface area is 170 Å². The minimum Gasteiger partial charge on any atom is -0.508 e. The number of hydrogen-bond acceptors (Lipinski definition) is 7. The predicted molar refractivity (Wildman–Crippen MR) is 110 cm³/mol. The summed E-state index contributed by atoms with van der Waals surface area (Å²) in [6.45, 7) is 0. The van der Waals surface area contributed by atoms with Crippen molar-refractivity contribution in [2.24, 2.45) is 0 Å². The van der Waals surface area contributed by atoms with Crippen molar-refractivity contribution in [2.75, 3.05) is 14.2 Å². The number of thioether (sulfide) groups is 1. The number of carbonyl (C=O) groups is 2. The van der Waals surface area contributed by atoms with E-state index in [0.29, 0.717) is 22.0 Å². The second kappa shape index (κ2) is 8.32. The number of ether oxygens (including phenoxy) is 2. The van der Waals surface area contributed by atoms with Crippen LogP contribution in [0, 0.1) is 0 Å². The third kappa shape index (κ3) is 4.10. The van der Waals surface area contributed by atoms with E-state index in [0.717, 1.165) is 16.8 Å². The maximum Gasteiger partial charge on any atom is 0.285 e. The van der Waals surface area contributed by atoms with Gasteiger partial charge >= 0.3 is 0 Å². The van der Waals surface area contributed by atoms with E-state index >= 15 is 0 Å². The molecule has 0 unspecified atom stereocenters. The van der Waals surface area contributed by atoms with Crippen LogP contribution in [0.4, 0.5) is 0 Å². The van der Waals surface area contributed by atoms with Crippen LogP contribution in [0.25, 0.3) is 6.08 Å². The van der Waals surface area contributed by atoms with Gasteiger partial charge in [-0.05, 0) is 60.8 Å². The van der Waals surface area contributed by atoms with Gasteiger partial charge < -0.3 is 14.6 Å². The normalized spacial score (nSPS) is 15.1. The summed E-state index contributed by atoms with van der Waals surface area (Å²) in [6.07, 6.45) is 1.63. The van der Waals surface area contributed by atoms with Gasteiger partial charge in [-0.25, -0.2) is 0 Å². The van der Waals surface area contributed by atoms with E-state index < -0.39 is 11.8 Å². The number of phenolic OH excluding ortho intramolecular Hbond substituents is 1. The predicted octanol–water partition coefficient (Wildman–Crippen LogP) is 2.96. The minimum atomic E-state index is -0.517. The van der Waals surface area contributed by atoms with Crippen molar-refractivity contribution in [1.29, 1.82) is 0 Å². The summed E-state index contributed by atoms with van der Waals surface area (Å²) >= 11 is 6.29. The Balaban J connectivity index is 1.82. The van der Waals surface area contributed by atoms with Gasteiger partial charge in [-0.1, -0.05) is 11.8 Å². The summed E-state index contributed by atoms with van der Waals surface area (Å²) in [5.41, 5.74) is 3.41. The topological polar surface area (TPSA) is 88.1 Å². The summed E-state index contributed by atoms with van der Waals surface area (Å²) < 4.78 is 10.7. The van der Waals surface area contributed by atoms with E-state index in [1.54, 1.807) is 31.4 Å². The molecular weight excluding hydrogens is 400 g/mol. The molecule has 7 nitrogen and oxygen atoms in total. The van der Waals surface area contributed by atoms with Crippen molar-refractivity contribution < 1.29 is 24.2 Å². The van der Waals surface area contributed by atoms with Gasteiger partial charge in [0.1, 0.15) is 17.2 Å². The highest BCUT2D eigenvalue weighted by Gasteiger charge is 2.34. The van der Waals surface area contributed by atoms with Gasteiger partial charge in [0.25, 0.3) is 11.8 Å². The summed E-state index contributed by atoms with van der Waals surface area (Å²) in [4.78, 5) is 25.4. The Morgan fingerprint density at radius 1 is 1.18 bits per heavy atom. The molecule has 144 valence electrons. The van der Waals surface area contributed by atoms with Crippen LogP contribution < -0.4 is 14.9 Å². The monoisotopic (exact) mass is 416 g/mol. The molecule has 2 N–H and O–H groups in total. The van der Waals surface area contributed by atoms with Crippen molar-refractivity contribution in [3.05, 3.63) is 58.5 Å². The molecule has 0 radical (unpaired) electrons. The maximum absolute atomic E-state index is 12.7. The lowest BCUT2D eigenvalue weighted by atomic mass is 10.1. The number of nitrogens with one attached hydrogen (secondary N) is 1. The van der Waals surface area contributed by atoms with E-state index in [9.17, 15) is 14.7 Å². The molecule has 0 saturated carbocycles. The first-order valence-electron chi connectivity index (χ1n) is 8.03. The first-order valence-corrected chi connectivity index (χ1v) is 9.25. The lowest BCUT2D eigenvalue weighted by Crippen LogP contribution is -2.44. The fourth-order valence-electron chi connectivity index (χ4n) is 2.44. The standard InChI is InChI=1S/C19H16N2O5S2/c1-25-14-7-8-15(26-2)12(9-14)10-16-18(24)21(19(27)28-16)20-17(23)11-3-5-13(22)6-4-11/h3-10,22H,1-2H3,(H,20,23)/b16-10+. The molecule has 1 heterocycles. The third-order valence-electron chi connectivity index (χ3n) is 3.86. The number of thiocarbonyl (C=S) groups is 1. The number of aromatic hydroxyl groups is 1.